The van der Waals surface area contributed by atoms with E-state index in [0.29, 0.717) is 16.5 Å². The molecule has 1 atom stereocenters. The van der Waals surface area contributed by atoms with Gasteiger partial charge in [-0.3, -0.25) is 4.79 Å². The maximum atomic E-state index is 11.9. The Balaban J connectivity index is 1.45. The lowest BCUT2D eigenvalue weighted by molar-refractivity contribution is -0.150. The minimum atomic E-state index is -0.672. The topological polar surface area (TPSA) is 77.8 Å². The Bertz CT molecular complexity index is 957. The summed E-state index contributed by atoms with van der Waals surface area (Å²) in [6.45, 7) is 1.00. The quantitative estimate of drug-likeness (QED) is 0.554. The van der Waals surface area contributed by atoms with Crippen molar-refractivity contribution in [1.82, 2.24) is 5.32 Å². The molecule has 0 saturated carbocycles. The van der Waals surface area contributed by atoms with Crippen molar-refractivity contribution in [1.29, 1.82) is 0 Å². The van der Waals surface area contributed by atoms with Gasteiger partial charge < -0.3 is 19.2 Å². The summed E-state index contributed by atoms with van der Waals surface area (Å²) in [6.07, 6.45) is 1.52. The third-order valence-electron chi connectivity index (χ3n) is 4.10. The summed E-state index contributed by atoms with van der Waals surface area (Å²) in [5, 5.41) is 3.05. The number of benzene rings is 2. The first kappa shape index (κ1) is 20.5. The van der Waals surface area contributed by atoms with Crippen LogP contribution in [0.3, 0.4) is 0 Å². The number of hydrogen-bond donors (Lipinski definition) is 1. The molecule has 2 aromatic carbocycles. The molecule has 0 fully saturated rings. The normalized spacial score (nSPS) is 11.5. The molecule has 0 saturated heterocycles. The number of ether oxygens (including phenoxy) is 2. The van der Waals surface area contributed by atoms with Gasteiger partial charge in [-0.05, 0) is 42.3 Å². The zero-order valence-electron chi connectivity index (χ0n) is 15.8. The number of carbonyl (C=O) groups is 2. The van der Waals surface area contributed by atoms with Crippen molar-refractivity contribution in [2.45, 2.75) is 13.0 Å². The summed E-state index contributed by atoms with van der Waals surface area (Å²) >= 11 is 6.25. The van der Waals surface area contributed by atoms with Crippen LogP contribution >= 0.6 is 11.6 Å². The molecule has 1 N–H and O–H groups in total. The van der Waals surface area contributed by atoms with Crippen LogP contribution in [0.4, 0.5) is 0 Å². The van der Waals surface area contributed by atoms with Crippen molar-refractivity contribution in [2.24, 2.45) is 0 Å². The second kappa shape index (κ2) is 9.80. The molecule has 6 nitrogen and oxygen atoms in total. The van der Waals surface area contributed by atoms with E-state index in [-0.39, 0.29) is 12.6 Å². The molecule has 0 aliphatic carbocycles. The van der Waals surface area contributed by atoms with E-state index in [0.717, 1.165) is 11.1 Å². The van der Waals surface area contributed by atoms with Crippen molar-refractivity contribution in [3.05, 3.63) is 77.7 Å². The minimum Gasteiger partial charge on any atom is -0.480 e. The summed E-state index contributed by atoms with van der Waals surface area (Å²) in [5.41, 5.74) is 1.96. The number of amides is 1. The lowest BCUT2D eigenvalue weighted by Crippen LogP contribution is -2.31. The first-order chi connectivity index (χ1) is 14.0. The Labute approximate surface area is 173 Å². The summed E-state index contributed by atoms with van der Waals surface area (Å²) in [6, 6.07) is 18.2. The van der Waals surface area contributed by atoms with Gasteiger partial charge in [0, 0.05) is 0 Å². The molecule has 150 valence electrons. The van der Waals surface area contributed by atoms with Gasteiger partial charge in [-0.15, -0.1) is 0 Å². The summed E-state index contributed by atoms with van der Waals surface area (Å²) in [4.78, 5) is 23.7. The lowest BCUT2D eigenvalue weighted by Gasteiger charge is -2.12. The van der Waals surface area contributed by atoms with Gasteiger partial charge in [0.15, 0.2) is 13.2 Å². The highest BCUT2D eigenvalue weighted by atomic mass is 35.5. The molecule has 3 rings (SSSR count). The van der Waals surface area contributed by atoms with Gasteiger partial charge in [-0.1, -0.05) is 48.0 Å². The predicted octanol–water partition coefficient (Wildman–Crippen LogP) is 4.40. The fraction of sp³-hybridized carbons (Fsp3) is 0.182. The van der Waals surface area contributed by atoms with Crippen LogP contribution in [0.2, 0.25) is 5.02 Å². The maximum absolute atomic E-state index is 11.9. The van der Waals surface area contributed by atoms with Gasteiger partial charge in [0.1, 0.15) is 11.5 Å². The Kier molecular flexibility index (Phi) is 6.92. The van der Waals surface area contributed by atoms with Crippen LogP contribution in [-0.4, -0.2) is 25.1 Å². The molecule has 1 aromatic heterocycles. The average Bonchev–Trinajstić information content (AvgIpc) is 3.27. The number of carbonyl (C=O) groups excluding carboxylic acids is 2. The molecule has 1 amide bonds. The lowest BCUT2D eigenvalue weighted by atomic mass is 10.1. The molecule has 0 aliphatic rings. The molecular weight excluding hydrogens is 394 g/mol. The van der Waals surface area contributed by atoms with Gasteiger partial charge >= 0.3 is 5.97 Å². The first-order valence-electron chi connectivity index (χ1n) is 8.99. The smallest absolute Gasteiger partial charge is 0.344 e. The molecule has 3 aromatic rings. The fourth-order valence-corrected chi connectivity index (χ4v) is 2.88. The van der Waals surface area contributed by atoms with E-state index in [1.807, 2.05) is 36.4 Å². The molecule has 1 heterocycles. The highest BCUT2D eigenvalue weighted by Crippen LogP contribution is 2.30. The Hall–Kier alpha value is -3.25. The van der Waals surface area contributed by atoms with Crippen LogP contribution in [0, 0.1) is 0 Å². The van der Waals surface area contributed by atoms with E-state index in [1.54, 1.807) is 31.2 Å². The third-order valence-corrected chi connectivity index (χ3v) is 4.39. The first-order valence-corrected chi connectivity index (χ1v) is 9.37. The minimum absolute atomic E-state index is 0.325. The summed E-state index contributed by atoms with van der Waals surface area (Å²) < 4.78 is 15.5. The van der Waals surface area contributed by atoms with Crippen LogP contribution in [0.5, 0.6) is 5.75 Å². The van der Waals surface area contributed by atoms with Gasteiger partial charge in [0.05, 0.1) is 17.3 Å². The van der Waals surface area contributed by atoms with E-state index in [2.05, 4.69) is 5.32 Å². The van der Waals surface area contributed by atoms with E-state index in [1.165, 1.54) is 6.26 Å². The van der Waals surface area contributed by atoms with Crippen molar-refractivity contribution in [2.75, 3.05) is 13.2 Å². The molecular formula is C22H20ClNO5. The Morgan fingerprint density at radius 1 is 1.03 bits per heavy atom. The van der Waals surface area contributed by atoms with E-state index >= 15 is 0 Å². The molecule has 7 heteroatoms. The van der Waals surface area contributed by atoms with E-state index in [9.17, 15) is 9.59 Å². The number of hydrogen-bond acceptors (Lipinski definition) is 5. The number of rotatable bonds is 8. The summed E-state index contributed by atoms with van der Waals surface area (Å²) in [5.74, 6) is -0.137. The monoisotopic (exact) mass is 413 g/mol. The SMILES string of the molecule is C[C@H](NC(=O)COC(=O)COc1ccc(-c2ccccc2)cc1Cl)c1ccco1. The van der Waals surface area contributed by atoms with E-state index < -0.39 is 18.5 Å². The Morgan fingerprint density at radius 3 is 2.52 bits per heavy atom. The van der Waals surface area contributed by atoms with Crippen LogP contribution < -0.4 is 10.1 Å². The van der Waals surface area contributed by atoms with Gasteiger partial charge in [0.25, 0.3) is 5.91 Å². The van der Waals surface area contributed by atoms with Crippen molar-refractivity contribution in [3.63, 3.8) is 0 Å². The second-order valence-corrected chi connectivity index (χ2v) is 6.67. The maximum Gasteiger partial charge on any atom is 0.344 e. The van der Waals surface area contributed by atoms with E-state index in [4.69, 9.17) is 25.5 Å². The van der Waals surface area contributed by atoms with Crippen LogP contribution in [0.15, 0.2) is 71.3 Å². The number of esters is 1. The Morgan fingerprint density at radius 2 is 1.83 bits per heavy atom. The van der Waals surface area contributed by atoms with Gasteiger partial charge in [-0.2, -0.15) is 0 Å². The molecule has 0 aliphatic heterocycles. The number of halogens is 1. The molecule has 29 heavy (non-hydrogen) atoms. The fourth-order valence-electron chi connectivity index (χ4n) is 2.64. The third kappa shape index (κ3) is 5.86. The van der Waals surface area contributed by atoms with Crippen LogP contribution in [0.25, 0.3) is 11.1 Å². The van der Waals surface area contributed by atoms with Gasteiger partial charge in [0.2, 0.25) is 0 Å². The van der Waals surface area contributed by atoms with Crippen molar-refractivity contribution >= 4 is 23.5 Å². The molecule has 0 radical (unpaired) electrons. The van der Waals surface area contributed by atoms with Crippen LogP contribution in [-0.2, 0) is 14.3 Å². The van der Waals surface area contributed by atoms with Crippen molar-refractivity contribution in [3.8, 4) is 16.9 Å². The zero-order valence-corrected chi connectivity index (χ0v) is 16.5. The van der Waals surface area contributed by atoms with Crippen LogP contribution in [0.1, 0.15) is 18.7 Å². The number of nitrogens with one attached hydrogen (secondary N) is 1. The largest absolute Gasteiger partial charge is 0.480 e. The van der Waals surface area contributed by atoms with Gasteiger partial charge in [-0.25, -0.2) is 4.79 Å². The zero-order chi connectivity index (χ0) is 20.6. The summed E-state index contributed by atoms with van der Waals surface area (Å²) in [7, 11) is 0. The number of furan rings is 1. The standard InChI is InChI=1S/C22H20ClNO5/c1-15(19-8-5-11-27-19)24-21(25)13-29-22(26)14-28-20-10-9-17(12-18(20)23)16-6-3-2-4-7-16/h2-12,15H,13-14H2,1H3,(H,24,25)/t15-/m0/s1. The second-order valence-electron chi connectivity index (χ2n) is 6.27. The molecule has 0 spiro atoms. The molecule has 0 unspecified atom stereocenters. The highest BCUT2D eigenvalue weighted by Gasteiger charge is 2.14. The average molecular weight is 414 g/mol. The van der Waals surface area contributed by atoms with Crippen molar-refractivity contribution < 1.29 is 23.5 Å². The predicted molar refractivity (Wildman–Crippen MR) is 109 cm³/mol. The highest BCUT2D eigenvalue weighted by molar-refractivity contribution is 6.32. The molecule has 0 bridgehead atoms.